The predicted molar refractivity (Wildman–Crippen MR) is 76.9 cm³/mol. The number of methoxy groups -OCH3 is 1. The van der Waals surface area contributed by atoms with Gasteiger partial charge in [0, 0.05) is 18.4 Å². The van der Waals surface area contributed by atoms with E-state index in [2.05, 4.69) is 9.82 Å². The minimum atomic E-state index is -3.56. The lowest BCUT2D eigenvalue weighted by molar-refractivity contribution is -0.145. The summed E-state index contributed by atoms with van der Waals surface area (Å²) in [5.41, 5.74) is 0. The zero-order valence-corrected chi connectivity index (χ0v) is 13.0. The van der Waals surface area contributed by atoms with E-state index in [1.165, 1.54) is 7.11 Å². The molecule has 0 spiro atoms. The van der Waals surface area contributed by atoms with E-state index in [9.17, 15) is 13.2 Å². The van der Waals surface area contributed by atoms with Gasteiger partial charge in [-0.15, -0.1) is 0 Å². The summed E-state index contributed by atoms with van der Waals surface area (Å²) in [7, 11) is -2.27. The maximum absolute atomic E-state index is 12.5. The van der Waals surface area contributed by atoms with Gasteiger partial charge in [-0.1, -0.05) is 6.42 Å². The number of carbonyl (C=O) groups is 1. The zero-order chi connectivity index (χ0) is 15.5. The van der Waals surface area contributed by atoms with E-state index in [0.717, 1.165) is 6.42 Å². The Morgan fingerprint density at radius 3 is 2.90 bits per heavy atom. The van der Waals surface area contributed by atoms with Crippen LogP contribution < -0.4 is 4.72 Å². The molecule has 1 saturated carbocycles. The Morgan fingerprint density at radius 1 is 1.52 bits per heavy atom. The molecule has 1 heterocycles. The first-order valence-electron chi connectivity index (χ1n) is 7.00. The second-order valence-corrected chi connectivity index (χ2v) is 7.32. The van der Waals surface area contributed by atoms with Crippen LogP contribution in [0, 0.1) is 5.92 Å². The number of hydrogen-bond donors (Lipinski definition) is 1. The number of esters is 1. The van der Waals surface area contributed by atoms with E-state index < -0.39 is 27.2 Å². The number of nitrogens with zero attached hydrogens (tertiary/aromatic N) is 2. The van der Waals surface area contributed by atoms with E-state index in [-0.39, 0.29) is 6.04 Å². The van der Waals surface area contributed by atoms with Crippen LogP contribution in [0.25, 0.3) is 0 Å². The lowest BCUT2D eigenvalue weighted by Gasteiger charge is -2.21. The van der Waals surface area contributed by atoms with Crippen molar-refractivity contribution in [3.05, 3.63) is 18.5 Å². The van der Waals surface area contributed by atoms with Crippen LogP contribution in [0.15, 0.2) is 18.5 Å². The first-order chi connectivity index (χ1) is 9.94. The molecule has 0 radical (unpaired) electrons. The topological polar surface area (TPSA) is 90.3 Å². The Morgan fingerprint density at radius 2 is 2.29 bits per heavy atom. The first kappa shape index (κ1) is 16.0. The molecule has 3 unspecified atom stereocenters. The summed E-state index contributed by atoms with van der Waals surface area (Å²) in [6.07, 6.45) is 5.19. The molecular weight excluding hydrogens is 294 g/mol. The van der Waals surface area contributed by atoms with Crippen molar-refractivity contribution in [1.82, 2.24) is 14.5 Å². The lowest BCUT2D eigenvalue weighted by atomic mass is 10.1. The predicted octanol–water partition coefficient (Wildman–Crippen LogP) is 0.533. The third-order valence-corrected chi connectivity index (χ3v) is 5.83. The summed E-state index contributed by atoms with van der Waals surface area (Å²) in [5, 5.41) is 3.34. The molecule has 0 saturated heterocycles. The normalized spacial score (nSPS) is 23.9. The van der Waals surface area contributed by atoms with Crippen LogP contribution in [-0.2, 0) is 26.1 Å². The third kappa shape index (κ3) is 3.82. The van der Waals surface area contributed by atoms with Gasteiger partial charge in [0.15, 0.2) is 0 Å². The molecule has 0 aromatic carbocycles. The quantitative estimate of drug-likeness (QED) is 0.774. The Labute approximate surface area is 124 Å². The summed E-state index contributed by atoms with van der Waals surface area (Å²) in [4.78, 5) is 11.7. The van der Waals surface area contributed by atoms with Crippen LogP contribution in [0.1, 0.15) is 26.2 Å². The minimum absolute atomic E-state index is 0.297. The highest BCUT2D eigenvalue weighted by Gasteiger charge is 2.42. The maximum Gasteiger partial charge on any atom is 0.310 e. The van der Waals surface area contributed by atoms with Crippen molar-refractivity contribution in [1.29, 1.82) is 0 Å². The lowest BCUT2D eigenvalue weighted by Crippen LogP contribution is -2.44. The fraction of sp³-hybridized carbons (Fsp3) is 0.692. The molecule has 1 aromatic rings. The van der Waals surface area contributed by atoms with Crippen molar-refractivity contribution in [2.24, 2.45) is 5.92 Å². The van der Waals surface area contributed by atoms with Crippen molar-refractivity contribution in [3.63, 3.8) is 0 Å². The monoisotopic (exact) mass is 315 g/mol. The molecule has 0 aliphatic heterocycles. The highest BCUT2D eigenvalue weighted by Crippen LogP contribution is 2.31. The standard InChI is InChI=1S/C13H21N3O4S/c1-10(9-16-8-4-7-14-16)15-21(18,19)12-6-3-5-11(12)13(17)20-2/h4,7-8,10-12,15H,3,5-6,9H2,1-2H3. The van der Waals surface area contributed by atoms with Crippen LogP contribution in [0.3, 0.4) is 0 Å². The van der Waals surface area contributed by atoms with Crippen LogP contribution in [-0.4, -0.2) is 42.6 Å². The highest BCUT2D eigenvalue weighted by molar-refractivity contribution is 7.90. The van der Waals surface area contributed by atoms with Gasteiger partial charge < -0.3 is 4.74 Å². The van der Waals surface area contributed by atoms with Gasteiger partial charge in [-0.3, -0.25) is 9.48 Å². The van der Waals surface area contributed by atoms with Crippen LogP contribution in [0.5, 0.6) is 0 Å². The smallest absolute Gasteiger partial charge is 0.310 e. The van der Waals surface area contributed by atoms with E-state index in [1.807, 2.05) is 0 Å². The van der Waals surface area contributed by atoms with Crippen LogP contribution in [0.4, 0.5) is 0 Å². The molecule has 3 atom stereocenters. The largest absolute Gasteiger partial charge is 0.469 e. The van der Waals surface area contributed by atoms with Gasteiger partial charge in [-0.2, -0.15) is 5.10 Å². The first-order valence-corrected chi connectivity index (χ1v) is 8.55. The second-order valence-electron chi connectivity index (χ2n) is 5.39. The van der Waals surface area contributed by atoms with Gasteiger partial charge in [0.2, 0.25) is 10.0 Å². The molecule has 2 rings (SSSR count). The van der Waals surface area contributed by atoms with Crippen molar-refractivity contribution in [3.8, 4) is 0 Å². The molecule has 118 valence electrons. The number of aromatic nitrogens is 2. The van der Waals surface area contributed by atoms with Crippen molar-refractivity contribution in [2.45, 2.75) is 44.0 Å². The summed E-state index contributed by atoms with van der Waals surface area (Å²) in [5.74, 6) is -1.01. The summed E-state index contributed by atoms with van der Waals surface area (Å²) < 4.78 is 33.9. The fourth-order valence-corrected chi connectivity index (χ4v) is 4.78. The maximum atomic E-state index is 12.5. The van der Waals surface area contributed by atoms with Gasteiger partial charge in [0.25, 0.3) is 0 Å². The van der Waals surface area contributed by atoms with Gasteiger partial charge in [-0.05, 0) is 25.8 Å². The fourth-order valence-electron chi connectivity index (χ4n) is 2.81. The number of hydrogen-bond acceptors (Lipinski definition) is 5. The molecule has 21 heavy (non-hydrogen) atoms. The van der Waals surface area contributed by atoms with Gasteiger partial charge in [0.05, 0.1) is 24.8 Å². The number of nitrogens with one attached hydrogen (secondary N) is 1. The van der Waals surface area contributed by atoms with E-state index in [1.54, 1.807) is 30.1 Å². The highest BCUT2D eigenvalue weighted by atomic mass is 32.2. The van der Waals surface area contributed by atoms with Crippen LogP contribution >= 0.6 is 0 Å². The number of sulfonamides is 1. The molecule has 1 aliphatic carbocycles. The average Bonchev–Trinajstić information content (AvgIpc) is 3.07. The van der Waals surface area contributed by atoms with Crippen LogP contribution in [0.2, 0.25) is 0 Å². The number of rotatable bonds is 6. The summed E-state index contributed by atoms with van der Waals surface area (Å²) in [6, 6.07) is 1.49. The molecule has 0 bridgehead atoms. The van der Waals surface area contributed by atoms with E-state index in [0.29, 0.717) is 19.4 Å². The van der Waals surface area contributed by atoms with Gasteiger partial charge in [0.1, 0.15) is 0 Å². The second kappa shape index (κ2) is 6.57. The molecule has 8 heteroatoms. The summed E-state index contributed by atoms with van der Waals surface area (Å²) in [6.45, 7) is 2.23. The number of ether oxygens (including phenoxy) is 1. The van der Waals surface area contributed by atoms with Gasteiger partial charge in [-0.25, -0.2) is 13.1 Å². The number of carbonyl (C=O) groups excluding carboxylic acids is 1. The molecular formula is C13H21N3O4S. The minimum Gasteiger partial charge on any atom is -0.469 e. The molecule has 1 aromatic heterocycles. The Hall–Kier alpha value is -1.41. The zero-order valence-electron chi connectivity index (χ0n) is 12.2. The van der Waals surface area contributed by atoms with Crippen molar-refractivity contribution in [2.75, 3.05) is 7.11 Å². The summed E-state index contributed by atoms with van der Waals surface area (Å²) >= 11 is 0. The molecule has 1 N–H and O–H groups in total. The van der Waals surface area contributed by atoms with Gasteiger partial charge >= 0.3 is 5.97 Å². The molecule has 0 amide bonds. The third-order valence-electron chi connectivity index (χ3n) is 3.74. The Kier molecular flexibility index (Phi) is 5.00. The molecule has 1 fully saturated rings. The van der Waals surface area contributed by atoms with E-state index in [4.69, 9.17) is 4.74 Å². The van der Waals surface area contributed by atoms with Crippen molar-refractivity contribution >= 4 is 16.0 Å². The SMILES string of the molecule is COC(=O)C1CCCC1S(=O)(=O)NC(C)Cn1cccn1. The molecule has 7 nitrogen and oxygen atoms in total. The van der Waals surface area contributed by atoms with Crippen molar-refractivity contribution < 1.29 is 17.9 Å². The average molecular weight is 315 g/mol. The Balaban J connectivity index is 2.02. The Bertz CT molecular complexity index is 570. The molecule has 1 aliphatic rings. The van der Waals surface area contributed by atoms with E-state index >= 15 is 0 Å².